The highest BCUT2D eigenvalue weighted by atomic mass is 32.2. The zero-order chi connectivity index (χ0) is 29.2. The van der Waals surface area contributed by atoms with E-state index in [1.165, 1.54) is 41.6 Å². The summed E-state index contributed by atoms with van der Waals surface area (Å²) in [5.74, 6) is -0.991. The molecule has 40 heavy (non-hydrogen) atoms. The number of nitrogen functional groups attached to an aromatic ring is 1. The Morgan fingerprint density at radius 2 is 1.70 bits per heavy atom. The Morgan fingerprint density at radius 3 is 2.33 bits per heavy atom. The highest BCUT2D eigenvalue weighted by Gasteiger charge is 2.27. The number of phenolic OH excluding ortho intramolecular Hbond substituents is 1. The summed E-state index contributed by atoms with van der Waals surface area (Å²) >= 11 is 0. The number of benzene rings is 4. The minimum Gasteiger partial charge on any atom is -0.744 e. The van der Waals surface area contributed by atoms with Crippen LogP contribution in [0.1, 0.15) is 13.8 Å². The second kappa shape index (κ2) is 10.9. The van der Waals surface area contributed by atoms with Gasteiger partial charge in [-0.3, -0.25) is 9.10 Å². The molecular formula is C26H24N5O7S2-. The predicted molar refractivity (Wildman–Crippen MR) is 150 cm³/mol. The molecule has 4 rings (SSSR count). The fourth-order valence-electron chi connectivity index (χ4n) is 4.06. The van der Waals surface area contributed by atoms with Crippen molar-refractivity contribution in [2.24, 2.45) is 10.2 Å². The Morgan fingerprint density at radius 1 is 1.00 bits per heavy atom. The maximum absolute atomic E-state index is 13.9. The van der Waals surface area contributed by atoms with Crippen LogP contribution in [0.4, 0.5) is 28.4 Å². The molecule has 0 saturated carbocycles. The van der Waals surface area contributed by atoms with Crippen molar-refractivity contribution >= 4 is 65.3 Å². The molecule has 0 bridgehead atoms. The number of hydrogen-bond donors (Lipinski definition) is 3. The molecule has 0 atom stereocenters. The lowest BCUT2D eigenvalue weighted by Crippen LogP contribution is -2.30. The minimum atomic E-state index is -4.86. The number of nitrogens with two attached hydrogens (primary N) is 1. The minimum absolute atomic E-state index is 0.00916. The molecule has 0 aliphatic heterocycles. The Hall–Kier alpha value is -4.53. The van der Waals surface area contributed by atoms with Gasteiger partial charge >= 0.3 is 0 Å². The van der Waals surface area contributed by atoms with Gasteiger partial charge < -0.3 is 20.7 Å². The van der Waals surface area contributed by atoms with Crippen LogP contribution in [-0.4, -0.2) is 38.9 Å². The summed E-state index contributed by atoms with van der Waals surface area (Å²) in [5, 5.41) is 21.5. The van der Waals surface area contributed by atoms with Gasteiger partial charge in [0.25, 0.3) is 10.0 Å². The largest absolute Gasteiger partial charge is 0.744 e. The molecule has 0 heterocycles. The van der Waals surface area contributed by atoms with Gasteiger partial charge in [-0.1, -0.05) is 24.3 Å². The van der Waals surface area contributed by atoms with E-state index in [4.69, 9.17) is 5.73 Å². The summed E-state index contributed by atoms with van der Waals surface area (Å²) in [6.45, 7) is 3.03. The maximum Gasteiger partial charge on any atom is 0.266 e. The summed E-state index contributed by atoms with van der Waals surface area (Å²) in [4.78, 5) is 10.7. The number of nitrogens with one attached hydrogen (secondary N) is 1. The number of hydrogen-bond acceptors (Lipinski definition) is 10. The molecule has 4 aromatic rings. The third-order valence-electron chi connectivity index (χ3n) is 5.80. The van der Waals surface area contributed by atoms with E-state index in [2.05, 4.69) is 15.5 Å². The van der Waals surface area contributed by atoms with Gasteiger partial charge in [-0.25, -0.2) is 16.8 Å². The maximum atomic E-state index is 13.9. The van der Waals surface area contributed by atoms with E-state index in [-0.39, 0.29) is 45.0 Å². The number of nitrogens with zero attached hydrogens (tertiary/aromatic N) is 3. The molecule has 208 valence electrons. The van der Waals surface area contributed by atoms with Crippen molar-refractivity contribution in [3.8, 4) is 5.75 Å². The predicted octanol–water partition coefficient (Wildman–Crippen LogP) is 4.62. The number of amides is 1. The van der Waals surface area contributed by atoms with Crippen LogP contribution in [0.5, 0.6) is 5.75 Å². The summed E-state index contributed by atoms with van der Waals surface area (Å²) in [5.41, 5.74) is 6.56. The van der Waals surface area contributed by atoms with Gasteiger partial charge in [-0.15, -0.1) is 10.2 Å². The van der Waals surface area contributed by atoms with Crippen molar-refractivity contribution in [3.63, 3.8) is 0 Å². The fraction of sp³-hybridized carbons (Fsp3) is 0.115. The number of para-hydroxylation sites is 1. The van der Waals surface area contributed by atoms with Crippen LogP contribution in [-0.2, 0) is 24.9 Å². The molecular weight excluding hydrogens is 558 g/mol. The summed E-state index contributed by atoms with van der Waals surface area (Å²) < 4.78 is 63.3. The number of carbonyl (C=O) groups excluding carboxylic acids is 1. The molecule has 0 aromatic heterocycles. The molecule has 12 nitrogen and oxygen atoms in total. The summed E-state index contributed by atoms with van der Waals surface area (Å²) in [7, 11) is -9.09. The van der Waals surface area contributed by atoms with Crippen molar-refractivity contribution in [2.75, 3.05) is 21.9 Å². The SMILES string of the molecule is CCN(c1ccccc1)S(=O)(=O)c1cc(NC(C)=O)ccc1N=Nc1c(N)ccc2cc(S(=O)(=O)[O-])cc(O)c12. The fourth-order valence-corrected chi connectivity index (χ4v) is 6.21. The molecule has 4 aromatic carbocycles. The van der Waals surface area contributed by atoms with E-state index < -0.39 is 36.7 Å². The Labute approximate surface area is 230 Å². The molecule has 0 aliphatic rings. The molecule has 0 fully saturated rings. The van der Waals surface area contributed by atoms with Crippen LogP contribution in [0.3, 0.4) is 0 Å². The lowest BCUT2D eigenvalue weighted by atomic mass is 10.1. The van der Waals surface area contributed by atoms with Crippen LogP contribution >= 0.6 is 0 Å². The van der Waals surface area contributed by atoms with E-state index in [0.717, 1.165) is 12.1 Å². The average molecular weight is 583 g/mol. The molecule has 0 spiro atoms. The highest BCUT2D eigenvalue weighted by molar-refractivity contribution is 7.93. The molecule has 0 saturated heterocycles. The van der Waals surface area contributed by atoms with Crippen molar-refractivity contribution in [1.29, 1.82) is 0 Å². The highest BCUT2D eigenvalue weighted by Crippen LogP contribution is 2.41. The number of sulfonamides is 1. The van der Waals surface area contributed by atoms with Crippen LogP contribution < -0.4 is 15.4 Å². The van der Waals surface area contributed by atoms with E-state index in [1.54, 1.807) is 37.3 Å². The monoisotopic (exact) mass is 582 g/mol. The third kappa shape index (κ3) is 5.73. The molecule has 1 amide bonds. The lowest BCUT2D eigenvalue weighted by molar-refractivity contribution is -0.114. The zero-order valence-electron chi connectivity index (χ0n) is 21.3. The smallest absolute Gasteiger partial charge is 0.266 e. The van der Waals surface area contributed by atoms with Gasteiger partial charge in [0.15, 0.2) is 0 Å². The second-order valence-electron chi connectivity index (χ2n) is 8.57. The Bertz CT molecular complexity index is 1860. The molecule has 0 aliphatic carbocycles. The van der Waals surface area contributed by atoms with Crippen LogP contribution in [0.15, 0.2) is 92.8 Å². The van der Waals surface area contributed by atoms with Crippen molar-refractivity contribution in [1.82, 2.24) is 0 Å². The zero-order valence-corrected chi connectivity index (χ0v) is 22.9. The van der Waals surface area contributed by atoms with Gasteiger partial charge in [-0.2, -0.15) is 0 Å². The first kappa shape index (κ1) is 28.5. The summed E-state index contributed by atoms with van der Waals surface area (Å²) in [6.07, 6.45) is 0. The third-order valence-corrected chi connectivity index (χ3v) is 8.55. The second-order valence-corrected chi connectivity index (χ2v) is 11.8. The Balaban J connectivity index is 1.90. The topological polar surface area (TPSA) is 195 Å². The van der Waals surface area contributed by atoms with E-state index in [0.29, 0.717) is 5.69 Å². The number of anilines is 3. The number of carbonyl (C=O) groups is 1. The van der Waals surface area contributed by atoms with Gasteiger partial charge in [0.2, 0.25) is 5.91 Å². The molecule has 0 unspecified atom stereocenters. The van der Waals surface area contributed by atoms with Gasteiger partial charge in [0.05, 0.1) is 21.7 Å². The van der Waals surface area contributed by atoms with Crippen LogP contribution in [0.2, 0.25) is 0 Å². The van der Waals surface area contributed by atoms with Crippen molar-refractivity contribution in [2.45, 2.75) is 23.6 Å². The quantitative estimate of drug-likeness (QED) is 0.152. The first-order valence-corrected chi connectivity index (χ1v) is 14.6. The van der Waals surface area contributed by atoms with Gasteiger partial charge in [0, 0.05) is 19.2 Å². The number of fused-ring (bicyclic) bond motifs is 1. The molecule has 14 heteroatoms. The van der Waals surface area contributed by atoms with Gasteiger partial charge in [-0.05, 0) is 60.8 Å². The number of rotatable bonds is 8. The van der Waals surface area contributed by atoms with Gasteiger partial charge in [0.1, 0.15) is 32.1 Å². The number of azo groups is 1. The van der Waals surface area contributed by atoms with Crippen molar-refractivity contribution < 1.29 is 31.3 Å². The number of phenols is 1. The van der Waals surface area contributed by atoms with E-state index in [9.17, 15) is 31.3 Å². The lowest BCUT2D eigenvalue weighted by Gasteiger charge is -2.23. The van der Waals surface area contributed by atoms with Crippen LogP contribution in [0.25, 0.3) is 10.8 Å². The average Bonchev–Trinajstić information content (AvgIpc) is 2.88. The number of aromatic hydroxyl groups is 1. The first-order valence-electron chi connectivity index (χ1n) is 11.7. The standard InChI is InChI=1S/C26H25N5O7S2/c1-3-31(19-7-5-4-6-8-19)39(34,35)24-14-18(28-16(2)32)10-12-22(24)29-30-26-21(27)11-9-17-13-20(40(36,37)38)15-23(33)25(17)26/h4-15,33H,3,27H2,1-2H3,(H,28,32)(H,36,37,38)/p-1. The van der Waals surface area contributed by atoms with E-state index >= 15 is 0 Å². The van der Waals surface area contributed by atoms with Crippen LogP contribution in [0, 0.1) is 0 Å². The first-order chi connectivity index (χ1) is 18.8. The Kier molecular flexibility index (Phi) is 7.77. The molecule has 4 N–H and O–H groups in total. The molecule has 0 radical (unpaired) electrons. The van der Waals surface area contributed by atoms with Crippen molar-refractivity contribution in [3.05, 3.63) is 72.8 Å². The van der Waals surface area contributed by atoms with E-state index in [1.807, 2.05) is 0 Å². The summed E-state index contributed by atoms with van der Waals surface area (Å²) in [6, 6.07) is 17.1. The normalized spacial score (nSPS) is 12.1.